The van der Waals surface area contributed by atoms with E-state index in [0.717, 1.165) is 11.3 Å². The number of benzene rings is 2. The van der Waals surface area contributed by atoms with Crippen LogP contribution >= 0.6 is 12.2 Å². The summed E-state index contributed by atoms with van der Waals surface area (Å²) in [5.41, 5.74) is 2.25. The van der Waals surface area contributed by atoms with Crippen LogP contribution in [0.5, 0.6) is 0 Å². The monoisotopic (exact) mass is 302 g/mol. The Morgan fingerprint density at radius 1 is 1.19 bits per heavy atom. The zero-order valence-corrected chi connectivity index (χ0v) is 12.3. The van der Waals surface area contributed by atoms with E-state index in [-0.39, 0.29) is 11.6 Å². The number of hydrogen-bond acceptors (Lipinski definition) is 2. The second-order valence-corrected chi connectivity index (χ2v) is 4.98. The van der Waals surface area contributed by atoms with Crippen LogP contribution in [0, 0.1) is 5.82 Å². The molecule has 0 unspecified atom stereocenters. The fraction of sp³-hybridized carbons (Fsp3) is 0.125. The standard InChI is InChI=1S/C16H15FN2OS/c1-11(20)13-5-7-15(8-6-13)19-16(21)18-10-12-3-2-4-14(17)9-12/h2-9H,10H2,1H3,(H2,18,19,21). The molecule has 0 aliphatic carbocycles. The van der Waals surface area contributed by atoms with Crippen LogP contribution in [0.2, 0.25) is 0 Å². The van der Waals surface area contributed by atoms with E-state index >= 15 is 0 Å². The van der Waals surface area contributed by atoms with Gasteiger partial charge in [0.25, 0.3) is 0 Å². The maximum absolute atomic E-state index is 13.0. The van der Waals surface area contributed by atoms with Crippen LogP contribution in [0.3, 0.4) is 0 Å². The number of nitrogens with one attached hydrogen (secondary N) is 2. The molecule has 0 aliphatic rings. The number of rotatable bonds is 4. The predicted molar refractivity (Wildman–Crippen MR) is 85.9 cm³/mol. The smallest absolute Gasteiger partial charge is 0.171 e. The minimum absolute atomic E-state index is 0.0216. The first kappa shape index (κ1) is 15.1. The van der Waals surface area contributed by atoms with Crippen molar-refractivity contribution in [2.45, 2.75) is 13.5 Å². The van der Waals surface area contributed by atoms with Gasteiger partial charge >= 0.3 is 0 Å². The summed E-state index contributed by atoms with van der Waals surface area (Å²) in [5, 5.41) is 6.45. The van der Waals surface area contributed by atoms with Crippen molar-refractivity contribution in [3.05, 3.63) is 65.5 Å². The molecular formula is C16H15FN2OS. The van der Waals surface area contributed by atoms with Crippen LogP contribution in [0.15, 0.2) is 48.5 Å². The lowest BCUT2D eigenvalue weighted by Gasteiger charge is -2.11. The lowest BCUT2D eigenvalue weighted by Crippen LogP contribution is -2.27. The number of halogens is 1. The highest BCUT2D eigenvalue weighted by Gasteiger charge is 2.01. The normalized spacial score (nSPS) is 10.0. The zero-order chi connectivity index (χ0) is 15.2. The molecular weight excluding hydrogens is 287 g/mol. The number of ketones is 1. The number of carbonyl (C=O) groups is 1. The first-order chi connectivity index (χ1) is 10.0. The van der Waals surface area contributed by atoms with E-state index in [9.17, 15) is 9.18 Å². The van der Waals surface area contributed by atoms with Crippen LogP contribution in [0.1, 0.15) is 22.8 Å². The number of anilines is 1. The van der Waals surface area contributed by atoms with Gasteiger partial charge in [-0.25, -0.2) is 4.39 Å². The third-order valence-electron chi connectivity index (χ3n) is 2.89. The second-order valence-electron chi connectivity index (χ2n) is 4.57. The highest BCUT2D eigenvalue weighted by Crippen LogP contribution is 2.10. The van der Waals surface area contributed by atoms with Crippen molar-refractivity contribution in [3.8, 4) is 0 Å². The van der Waals surface area contributed by atoms with Crippen molar-refractivity contribution in [2.24, 2.45) is 0 Å². The minimum atomic E-state index is -0.270. The summed E-state index contributed by atoms with van der Waals surface area (Å²) in [6.45, 7) is 1.96. The summed E-state index contributed by atoms with van der Waals surface area (Å²) in [7, 11) is 0. The number of carbonyl (C=O) groups excluding carboxylic acids is 1. The molecule has 0 radical (unpaired) electrons. The summed E-state index contributed by atoms with van der Waals surface area (Å²) in [4.78, 5) is 11.2. The number of hydrogen-bond donors (Lipinski definition) is 2. The van der Waals surface area contributed by atoms with Gasteiger partial charge in [-0.1, -0.05) is 12.1 Å². The topological polar surface area (TPSA) is 41.1 Å². The summed E-state index contributed by atoms with van der Waals surface area (Å²) >= 11 is 5.17. The molecule has 0 spiro atoms. The Bertz CT molecular complexity index is 656. The third kappa shape index (κ3) is 4.65. The van der Waals surface area contributed by atoms with Crippen molar-refractivity contribution in [2.75, 3.05) is 5.32 Å². The lowest BCUT2D eigenvalue weighted by molar-refractivity contribution is 0.101. The summed E-state index contributed by atoms with van der Waals surface area (Å²) in [5.74, 6) is -0.249. The number of thiocarbonyl (C=S) groups is 1. The van der Waals surface area contributed by atoms with E-state index in [1.165, 1.54) is 19.1 Å². The maximum Gasteiger partial charge on any atom is 0.171 e. The molecule has 0 atom stereocenters. The molecule has 21 heavy (non-hydrogen) atoms. The van der Waals surface area contributed by atoms with Crippen molar-refractivity contribution in [1.82, 2.24) is 5.32 Å². The predicted octanol–water partition coefficient (Wildman–Crippen LogP) is 3.51. The van der Waals surface area contributed by atoms with Gasteiger partial charge in [-0.3, -0.25) is 4.79 Å². The molecule has 0 aromatic heterocycles. The third-order valence-corrected chi connectivity index (χ3v) is 3.14. The average Bonchev–Trinajstić information content (AvgIpc) is 2.46. The SMILES string of the molecule is CC(=O)c1ccc(NC(=S)NCc2cccc(F)c2)cc1. The van der Waals surface area contributed by atoms with Gasteiger partial charge in [0, 0.05) is 17.8 Å². The van der Waals surface area contributed by atoms with Crippen molar-refractivity contribution in [3.63, 3.8) is 0 Å². The Morgan fingerprint density at radius 3 is 2.52 bits per heavy atom. The highest BCUT2D eigenvalue weighted by atomic mass is 32.1. The van der Waals surface area contributed by atoms with Crippen LogP contribution in [-0.2, 0) is 6.54 Å². The summed E-state index contributed by atoms with van der Waals surface area (Å²) in [6, 6.07) is 13.4. The van der Waals surface area contributed by atoms with Gasteiger partial charge in [-0.15, -0.1) is 0 Å². The molecule has 108 valence electrons. The molecule has 2 aromatic carbocycles. The molecule has 3 nitrogen and oxygen atoms in total. The lowest BCUT2D eigenvalue weighted by atomic mass is 10.1. The first-order valence-electron chi connectivity index (χ1n) is 6.45. The second kappa shape index (κ2) is 6.95. The summed E-state index contributed by atoms with van der Waals surface area (Å²) in [6.07, 6.45) is 0. The Hall–Kier alpha value is -2.27. The van der Waals surface area contributed by atoms with Crippen molar-refractivity contribution < 1.29 is 9.18 Å². The molecule has 0 amide bonds. The number of Topliss-reactive ketones (excluding diaryl/α,β-unsaturated/α-hetero) is 1. The van der Waals surface area contributed by atoms with Crippen molar-refractivity contribution in [1.29, 1.82) is 0 Å². The Kier molecular flexibility index (Phi) is 5.00. The van der Waals surface area contributed by atoms with Gasteiger partial charge < -0.3 is 10.6 Å². The van der Waals surface area contributed by atoms with Crippen LogP contribution in [0.4, 0.5) is 10.1 Å². The van der Waals surface area contributed by atoms with E-state index in [2.05, 4.69) is 10.6 Å². The van der Waals surface area contributed by atoms with E-state index < -0.39 is 0 Å². The van der Waals surface area contributed by atoms with Gasteiger partial charge in [-0.2, -0.15) is 0 Å². The molecule has 0 bridgehead atoms. The van der Waals surface area contributed by atoms with Gasteiger partial charge in [0.2, 0.25) is 0 Å². The molecule has 2 aromatic rings. The Balaban J connectivity index is 1.88. The molecule has 0 fully saturated rings. The first-order valence-corrected chi connectivity index (χ1v) is 6.86. The molecule has 2 rings (SSSR count). The zero-order valence-electron chi connectivity index (χ0n) is 11.5. The van der Waals surface area contributed by atoms with Gasteiger partial charge in [0.1, 0.15) is 5.82 Å². The van der Waals surface area contributed by atoms with Crippen molar-refractivity contribution >= 4 is 28.8 Å². The molecule has 0 saturated carbocycles. The van der Waals surface area contributed by atoms with E-state index in [1.807, 2.05) is 6.07 Å². The maximum atomic E-state index is 13.0. The minimum Gasteiger partial charge on any atom is -0.358 e. The van der Waals surface area contributed by atoms with Gasteiger partial charge in [0.15, 0.2) is 10.9 Å². The molecule has 0 heterocycles. The summed E-state index contributed by atoms with van der Waals surface area (Å²) < 4.78 is 13.0. The highest BCUT2D eigenvalue weighted by molar-refractivity contribution is 7.80. The van der Waals surface area contributed by atoms with Gasteiger partial charge in [0.05, 0.1) is 0 Å². The molecule has 2 N–H and O–H groups in total. The fourth-order valence-corrected chi connectivity index (χ4v) is 1.98. The fourth-order valence-electron chi connectivity index (χ4n) is 1.79. The van der Waals surface area contributed by atoms with E-state index in [1.54, 1.807) is 30.3 Å². The van der Waals surface area contributed by atoms with E-state index in [0.29, 0.717) is 17.2 Å². The van der Waals surface area contributed by atoms with E-state index in [4.69, 9.17) is 12.2 Å². The van der Waals surface area contributed by atoms with Gasteiger partial charge in [-0.05, 0) is 61.1 Å². The van der Waals surface area contributed by atoms with Crippen LogP contribution in [-0.4, -0.2) is 10.9 Å². The largest absolute Gasteiger partial charge is 0.358 e. The molecule has 0 aliphatic heterocycles. The van der Waals surface area contributed by atoms with Crippen LogP contribution < -0.4 is 10.6 Å². The Labute approximate surface area is 128 Å². The quantitative estimate of drug-likeness (QED) is 0.670. The molecule has 5 heteroatoms. The Morgan fingerprint density at radius 2 is 1.90 bits per heavy atom. The van der Waals surface area contributed by atoms with Crippen LogP contribution in [0.25, 0.3) is 0 Å². The average molecular weight is 302 g/mol. The molecule has 0 saturated heterocycles.